The monoisotopic (exact) mass is 201 g/mol. The standard InChI is InChI=1S/C12H11NO2/c14-10-7-11(15)13-6-2-4-8-3-1-5-9(10)12(8)13/h1,3,5,7,14H,2,4,6H2. The van der Waals surface area contributed by atoms with Crippen molar-refractivity contribution < 1.29 is 5.11 Å². The Hall–Kier alpha value is -1.77. The fourth-order valence-corrected chi connectivity index (χ4v) is 2.35. The normalized spacial score (nSPS) is 14.4. The van der Waals surface area contributed by atoms with E-state index >= 15 is 0 Å². The van der Waals surface area contributed by atoms with E-state index in [1.807, 2.05) is 18.2 Å². The number of aryl methyl sites for hydroxylation is 2. The molecule has 0 amide bonds. The highest BCUT2D eigenvalue weighted by Crippen LogP contribution is 2.28. The Bertz CT molecular complexity index is 598. The van der Waals surface area contributed by atoms with E-state index in [0.717, 1.165) is 35.9 Å². The SMILES string of the molecule is O=c1cc(O)c2cccc3c2n1CCC3. The molecule has 1 aromatic heterocycles. The molecule has 0 aliphatic carbocycles. The quantitative estimate of drug-likeness (QED) is 0.704. The van der Waals surface area contributed by atoms with Crippen LogP contribution in [0.25, 0.3) is 10.9 Å². The van der Waals surface area contributed by atoms with Gasteiger partial charge in [-0.25, -0.2) is 0 Å². The van der Waals surface area contributed by atoms with Crippen LogP contribution in [0.15, 0.2) is 29.1 Å². The molecule has 0 saturated heterocycles. The highest BCUT2D eigenvalue weighted by molar-refractivity contribution is 5.88. The van der Waals surface area contributed by atoms with Crippen LogP contribution in [0.3, 0.4) is 0 Å². The largest absolute Gasteiger partial charge is 0.507 e. The van der Waals surface area contributed by atoms with Gasteiger partial charge in [-0.2, -0.15) is 0 Å². The number of nitrogens with zero attached hydrogens (tertiary/aromatic N) is 1. The number of aromatic hydroxyl groups is 1. The minimum absolute atomic E-state index is 0.0926. The average Bonchev–Trinajstić information content (AvgIpc) is 2.25. The topological polar surface area (TPSA) is 42.2 Å². The van der Waals surface area contributed by atoms with Crippen LogP contribution < -0.4 is 5.56 Å². The van der Waals surface area contributed by atoms with Crippen molar-refractivity contribution in [1.82, 2.24) is 4.57 Å². The summed E-state index contributed by atoms with van der Waals surface area (Å²) in [7, 11) is 0. The summed E-state index contributed by atoms with van der Waals surface area (Å²) < 4.78 is 1.76. The summed E-state index contributed by atoms with van der Waals surface area (Å²) in [6.45, 7) is 0.757. The first-order chi connectivity index (χ1) is 7.27. The van der Waals surface area contributed by atoms with Gasteiger partial charge in [-0.3, -0.25) is 4.79 Å². The van der Waals surface area contributed by atoms with Crippen molar-refractivity contribution in [3.05, 3.63) is 40.2 Å². The molecule has 15 heavy (non-hydrogen) atoms. The van der Waals surface area contributed by atoms with E-state index in [4.69, 9.17) is 0 Å². The van der Waals surface area contributed by atoms with E-state index in [1.165, 1.54) is 6.07 Å². The fraction of sp³-hybridized carbons (Fsp3) is 0.250. The number of pyridine rings is 1. The summed E-state index contributed by atoms with van der Waals surface area (Å²) in [5.74, 6) is 0.0926. The zero-order valence-corrected chi connectivity index (χ0v) is 8.23. The molecule has 3 nitrogen and oxygen atoms in total. The summed E-state index contributed by atoms with van der Waals surface area (Å²) in [4.78, 5) is 11.7. The Kier molecular flexibility index (Phi) is 1.63. The third-order valence-corrected chi connectivity index (χ3v) is 3.02. The minimum Gasteiger partial charge on any atom is -0.507 e. The molecule has 0 radical (unpaired) electrons. The maximum absolute atomic E-state index is 11.7. The maximum atomic E-state index is 11.7. The van der Waals surface area contributed by atoms with E-state index < -0.39 is 0 Å². The first-order valence-electron chi connectivity index (χ1n) is 5.12. The van der Waals surface area contributed by atoms with Crippen molar-refractivity contribution in [3.63, 3.8) is 0 Å². The molecule has 3 heteroatoms. The zero-order valence-electron chi connectivity index (χ0n) is 8.23. The summed E-state index contributed by atoms with van der Waals surface area (Å²) in [6.07, 6.45) is 1.98. The Morgan fingerprint density at radius 3 is 3.07 bits per heavy atom. The van der Waals surface area contributed by atoms with Crippen molar-refractivity contribution in [2.24, 2.45) is 0 Å². The van der Waals surface area contributed by atoms with E-state index in [1.54, 1.807) is 4.57 Å². The molecule has 76 valence electrons. The van der Waals surface area contributed by atoms with Crippen LogP contribution in [0.1, 0.15) is 12.0 Å². The molecule has 1 N–H and O–H groups in total. The average molecular weight is 201 g/mol. The predicted molar refractivity (Wildman–Crippen MR) is 58.2 cm³/mol. The van der Waals surface area contributed by atoms with Crippen molar-refractivity contribution in [1.29, 1.82) is 0 Å². The van der Waals surface area contributed by atoms with Gasteiger partial charge >= 0.3 is 0 Å². The molecule has 0 spiro atoms. The molecule has 0 fully saturated rings. The smallest absolute Gasteiger partial charge is 0.254 e. The summed E-state index contributed by atoms with van der Waals surface area (Å²) in [6, 6.07) is 7.11. The Morgan fingerprint density at radius 1 is 1.33 bits per heavy atom. The van der Waals surface area contributed by atoms with E-state index in [-0.39, 0.29) is 11.3 Å². The van der Waals surface area contributed by atoms with Gasteiger partial charge in [-0.05, 0) is 24.5 Å². The van der Waals surface area contributed by atoms with Crippen molar-refractivity contribution in [3.8, 4) is 5.75 Å². The Labute approximate surface area is 86.6 Å². The molecule has 1 aliphatic heterocycles. The third kappa shape index (κ3) is 1.09. The molecular formula is C12H11NO2. The molecular weight excluding hydrogens is 190 g/mol. The second kappa shape index (κ2) is 2.86. The van der Waals surface area contributed by atoms with Gasteiger partial charge in [0.2, 0.25) is 0 Å². The van der Waals surface area contributed by atoms with E-state index in [2.05, 4.69) is 0 Å². The van der Waals surface area contributed by atoms with Gasteiger partial charge in [0.1, 0.15) is 5.75 Å². The summed E-state index contributed by atoms with van der Waals surface area (Å²) in [5.41, 5.74) is 1.97. The second-order valence-electron chi connectivity index (χ2n) is 3.94. The van der Waals surface area contributed by atoms with Gasteiger partial charge in [-0.1, -0.05) is 12.1 Å². The predicted octanol–water partition coefficient (Wildman–Crippen LogP) is 1.65. The van der Waals surface area contributed by atoms with Crippen LogP contribution in [-0.2, 0) is 13.0 Å². The van der Waals surface area contributed by atoms with Gasteiger partial charge in [0.05, 0.1) is 5.52 Å². The third-order valence-electron chi connectivity index (χ3n) is 3.02. The van der Waals surface area contributed by atoms with Gasteiger partial charge in [0, 0.05) is 18.0 Å². The second-order valence-corrected chi connectivity index (χ2v) is 3.94. The lowest BCUT2D eigenvalue weighted by molar-refractivity contribution is 0.477. The molecule has 2 aromatic rings. The summed E-state index contributed by atoms with van der Waals surface area (Å²) in [5, 5.41) is 10.5. The van der Waals surface area contributed by atoms with Crippen molar-refractivity contribution in [2.75, 3.05) is 0 Å². The van der Waals surface area contributed by atoms with Crippen LogP contribution in [-0.4, -0.2) is 9.67 Å². The highest BCUT2D eigenvalue weighted by Gasteiger charge is 2.15. The van der Waals surface area contributed by atoms with Gasteiger partial charge in [0.25, 0.3) is 5.56 Å². The lowest BCUT2D eigenvalue weighted by Crippen LogP contribution is -2.23. The van der Waals surface area contributed by atoms with Gasteiger partial charge in [-0.15, -0.1) is 0 Å². The lowest BCUT2D eigenvalue weighted by Gasteiger charge is -2.19. The first kappa shape index (κ1) is 8.53. The highest BCUT2D eigenvalue weighted by atomic mass is 16.3. The molecule has 3 rings (SSSR count). The molecule has 0 saturated carbocycles. The van der Waals surface area contributed by atoms with Crippen molar-refractivity contribution in [2.45, 2.75) is 19.4 Å². The minimum atomic E-state index is -0.104. The number of para-hydroxylation sites is 1. The van der Waals surface area contributed by atoms with Gasteiger partial charge < -0.3 is 9.67 Å². The fourth-order valence-electron chi connectivity index (χ4n) is 2.35. The number of benzene rings is 1. The molecule has 0 atom stereocenters. The van der Waals surface area contributed by atoms with Crippen molar-refractivity contribution >= 4 is 10.9 Å². The van der Waals surface area contributed by atoms with E-state index in [9.17, 15) is 9.90 Å². The lowest BCUT2D eigenvalue weighted by atomic mass is 10.0. The molecule has 0 unspecified atom stereocenters. The Balaban J connectivity index is 2.59. The Morgan fingerprint density at radius 2 is 2.20 bits per heavy atom. The molecule has 2 heterocycles. The summed E-state index contributed by atoms with van der Waals surface area (Å²) >= 11 is 0. The van der Waals surface area contributed by atoms with Crippen LogP contribution in [0.2, 0.25) is 0 Å². The van der Waals surface area contributed by atoms with Crippen LogP contribution in [0.4, 0.5) is 0 Å². The number of rotatable bonds is 0. The number of hydrogen-bond acceptors (Lipinski definition) is 2. The van der Waals surface area contributed by atoms with Crippen LogP contribution >= 0.6 is 0 Å². The molecule has 1 aliphatic rings. The zero-order chi connectivity index (χ0) is 10.4. The van der Waals surface area contributed by atoms with Crippen LogP contribution in [0.5, 0.6) is 5.75 Å². The number of hydrogen-bond donors (Lipinski definition) is 1. The molecule has 1 aromatic carbocycles. The first-order valence-corrected chi connectivity index (χ1v) is 5.12. The maximum Gasteiger partial charge on any atom is 0.254 e. The number of aromatic nitrogens is 1. The van der Waals surface area contributed by atoms with E-state index in [0.29, 0.717) is 0 Å². The van der Waals surface area contributed by atoms with Gasteiger partial charge in [0.15, 0.2) is 0 Å². The molecule has 0 bridgehead atoms. The van der Waals surface area contributed by atoms with Crippen LogP contribution in [0, 0.1) is 0 Å².